The molecule has 1 unspecified atom stereocenters. The molecule has 2 nitrogen and oxygen atoms in total. The average Bonchev–Trinajstić information content (AvgIpc) is 2.37. The molecule has 0 radical (unpaired) electrons. The molecule has 1 aliphatic rings. The molecule has 1 N–H and O–H groups in total. The Morgan fingerprint density at radius 3 is 2.94 bits per heavy atom. The van der Waals surface area contributed by atoms with Crippen molar-refractivity contribution in [1.82, 2.24) is 5.32 Å². The van der Waals surface area contributed by atoms with Gasteiger partial charge in [-0.2, -0.15) is 0 Å². The monoisotopic (exact) mass is 315 g/mol. The van der Waals surface area contributed by atoms with Crippen LogP contribution in [0.3, 0.4) is 0 Å². The maximum Gasteiger partial charge on any atom is 0.144 e. The van der Waals surface area contributed by atoms with Crippen molar-refractivity contribution in [3.8, 4) is 5.75 Å². The molecule has 1 aliphatic heterocycles. The molecule has 0 saturated carbocycles. The molecule has 1 aromatic rings. The van der Waals surface area contributed by atoms with E-state index in [9.17, 15) is 4.39 Å². The SMILES string of the molecule is COc1c(C)cc(Br)c(F)c1CC1CCCNC1. The summed E-state index contributed by atoms with van der Waals surface area (Å²) in [5.41, 5.74) is 1.68. The van der Waals surface area contributed by atoms with Gasteiger partial charge in [0.2, 0.25) is 0 Å². The Labute approximate surface area is 116 Å². The van der Waals surface area contributed by atoms with E-state index < -0.39 is 0 Å². The zero-order chi connectivity index (χ0) is 13.1. The summed E-state index contributed by atoms with van der Waals surface area (Å²) >= 11 is 3.28. The van der Waals surface area contributed by atoms with Gasteiger partial charge < -0.3 is 10.1 Å². The highest BCUT2D eigenvalue weighted by molar-refractivity contribution is 9.10. The van der Waals surface area contributed by atoms with Crippen LogP contribution in [0.1, 0.15) is 24.0 Å². The molecule has 0 aromatic heterocycles. The number of piperidine rings is 1. The summed E-state index contributed by atoms with van der Waals surface area (Å²) in [7, 11) is 1.61. The van der Waals surface area contributed by atoms with Gasteiger partial charge >= 0.3 is 0 Å². The Morgan fingerprint density at radius 1 is 1.56 bits per heavy atom. The van der Waals surface area contributed by atoms with Gasteiger partial charge in [0.1, 0.15) is 11.6 Å². The molecule has 1 aromatic carbocycles. The van der Waals surface area contributed by atoms with Crippen molar-refractivity contribution in [3.05, 3.63) is 27.5 Å². The van der Waals surface area contributed by atoms with Gasteiger partial charge in [0.05, 0.1) is 11.6 Å². The number of halogens is 2. The summed E-state index contributed by atoms with van der Waals surface area (Å²) in [5, 5.41) is 3.37. The smallest absolute Gasteiger partial charge is 0.144 e. The van der Waals surface area contributed by atoms with E-state index in [0.717, 1.165) is 31.5 Å². The second-order valence-electron chi connectivity index (χ2n) is 4.92. The predicted octanol–water partition coefficient (Wildman–Crippen LogP) is 3.45. The second kappa shape index (κ2) is 6.02. The number of nitrogens with one attached hydrogen (secondary N) is 1. The van der Waals surface area contributed by atoms with E-state index in [2.05, 4.69) is 21.2 Å². The number of ether oxygens (including phenoxy) is 1. The molecule has 0 spiro atoms. The third-order valence-corrected chi connectivity index (χ3v) is 4.12. The zero-order valence-corrected chi connectivity index (χ0v) is 12.4. The zero-order valence-electron chi connectivity index (χ0n) is 10.9. The molecule has 0 bridgehead atoms. The van der Waals surface area contributed by atoms with Gasteiger partial charge in [-0.25, -0.2) is 4.39 Å². The van der Waals surface area contributed by atoms with E-state index in [1.165, 1.54) is 6.42 Å². The topological polar surface area (TPSA) is 21.3 Å². The summed E-state index contributed by atoms with van der Waals surface area (Å²) in [6, 6.07) is 1.77. The third-order valence-electron chi connectivity index (χ3n) is 3.55. The molecule has 100 valence electrons. The molecule has 0 aliphatic carbocycles. The van der Waals surface area contributed by atoms with E-state index >= 15 is 0 Å². The van der Waals surface area contributed by atoms with E-state index in [1.54, 1.807) is 13.2 Å². The molecule has 1 fully saturated rings. The quantitative estimate of drug-likeness (QED) is 0.922. The van der Waals surface area contributed by atoms with E-state index in [-0.39, 0.29) is 5.82 Å². The van der Waals surface area contributed by atoms with Gasteiger partial charge in [-0.15, -0.1) is 0 Å². The standard InChI is InChI=1S/C14H19BrFNO/c1-9-6-12(15)13(16)11(14(9)18-2)7-10-4-3-5-17-8-10/h6,10,17H,3-5,7-8H2,1-2H3. The number of hydrogen-bond acceptors (Lipinski definition) is 2. The van der Waals surface area contributed by atoms with Crippen LogP contribution in [0.25, 0.3) is 0 Å². The number of aryl methyl sites for hydroxylation is 1. The van der Waals surface area contributed by atoms with Crippen LogP contribution in [0.15, 0.2) is 10.5 Å². The van der Waals surface area contributed by atoms with Crippen LogP contribution in [0.2, 0.25) is 0 Å². The highest BCUT2D eigenvalue weighted by Gasteiger charge is 2.21. The van der Waals surface area contributed by atoms with Crippen molar-refractivity contribution in [2.75, 3.05) is 20.2 Å². The fraction of sp³-hybridized carbons (Fsp3) is 0.571. The predicted molar refractivity (Wildman–Crippen MR) is 74.7 cm³/mol. The lowest BCUT2D eigenvalue weighted by molar-refractivity contribution is 0.356. The van der Waals surface area contributed by atoms with Gasteiger partial charge in [-0.1, -0.05) is 0 Å². The van der Waals surface area contributed by atoms with Crippen molar-refractivity contribution < 1.29 is 9.13 Å². The minimum absolute atomic E-state index is 0.178. The van der Waals surface area contributed by atoms with Crippen molar-refractivity contribution in [1.29, 1.82) is 0 Å². The Hall–Kier alpha value is -0.610. The Balaban J connectivity index is 2.29. The molecular formula is C14H19BrFNO. The van der Waals surface area contributed by atoms with Crippen molar-refractivity contribution >= 4 is 15.9 Å². The first-order valence-electron chi connectivity index (χ1n) is 6.35. The van der Waals surface area contributed by atoms with E-state index in [0.29, 0.717) is 21.7 Å². The normalized spacial score (nSPS) is 19.9. The fourth-order valence-corrected chi connectivity index (χ4v) is 3.24. The third kappa shape index (κ3) is 2.86. The highest BCUT2D eigenvalue weighted by atomic mass is 79.9. The minimum Gasteiger partial charge on any atom is -0.496 e. The lowest BCUT2D eigenvalue weighted by Gasteiger charge is -2.24. The first kappa shape index (κ1) is 13.8. The largest absolute Gasteiger partial charge is 0.496 e. The molecule has 0 amide bonds. The number of rotatable bonds is 3. The van der Waals surface area contributed by atoms with E-state index in [4.69, 9.17) is 4.74 Å². The lowest BCUT2D eigenvalue weighted by atomic mass is 9.91. The summed E-state index contributed by atoms with van der Waals surface area (Å²) < 4.78 is 20.1. The van der Waals surface area contributed by atoms with Gasteiger partial charge in [0.25, 0.3) is 0 Å². The second-order valence-corrected chi connectivity index (χ2v) is 5.77. The number of benzene rings is 1. The molecular weight excluding hydrogens is 297 g/mol. The molecule has 1 saturated heterocycles. The summed E-state index contributed by atoms with van der Waals surface area (Å²) in [6.07, 6.45) is 3.06. The van der Waals surface area contributed by atoms with Crippen LogP contribution in [0.4, 0.5) is 4.39 Å². The van der Waals surface area contributed by atoms with Crippen LogP contribution >= 0.6 is 15.9 Å². The van der Waals surface area contributed by atoms with E-state index in [1.807, 2.05) is 6.92 Å². The van der Waals surface area contributed by atoms with Gasteiger partial charge in [0, 0.05) is 5.56 Å². The Kier molecular flexibility index (Phi) is 4.62. The first-order valence-corrected chi connectivity index (χ1v) is 7.15. The Morgan fingerprint density at radius 2 is 2.33 bits per heavy atom. The molecule has 1 atom stereocenters. The summed E-state index contributed by atoms with van der Waals surface area (Å²) in [5.74, 6) is 1.01. The average molecular weight is 316 g/mol. The highest BCUT2D eigenvalue weighted by Crippen LogP contribution is 2.34. The van der Waals surface area contributed by atoms with Crippen LogP contribution in [0, 0.1) is 18.7 Å². The lowest BCUT2D eigenvalue weighted by Crippen LogP contribution is -2.31. The molecule has 1 heterocycles. The van der Waals surface area contributed by atoms with Crippen LogP contribution in [0.5, 0.6) is 5.75 Å². The van der Waals surface area contributed by atoms with Crippen LogP contribution in [-0.4, -0.2) is 20.2 Å². The number of methoxy groups -OCH3 is 1. The van der Waals surface area contributed by atoms with Crippen molar-refractivity contribution in [3.63, 3.8) is 0 Å². The van der Waals surface area contributed by atoms with Crippen LogP contribution in [-0.2, 0) is 6.42 Å². The fourth-order valence-electron chi connectivity index (χ4n) is 2.65. The minimum atomic E-state index is -0.178. The van der Waals surface area contributed by atoms with Gasteiger partial charge in [0.15, 0.2) is 0 Å². The number of hydrogen-bond donors (Lipinski definition) is 1. The summed E-state index contributed by atoms with van der Waals surface area (Å²) in [4.78, 5) is 0. The maximum atomic E-state index is 14.2. The molecule has 4 heteroatoms. The maximum absolute atomic E-state index is 14.2. The Bertz CT molecular complexity index is 430. The van der Waals surface area contributed by atoms with Crippen LogP contribution < -0.4 is 10.1 Å². The van der Waals surface area contributed by atoms with Crippen molar-refractivity contribution in [2.45, 2.75) is 26.2 Å². The van der Waals surface area contributed by atoms with Crippen molar-refractivity contribution in [2.24, 2.45) is 5.92 Å². The first-order chi connectivity index (χ1) is 8.63. The molecule has 2 rings (SSSR count). The molecule has 18 heavy (non-hydrogen) atoms. The van der Waals surface area contributed by atoms with Gasteiger partial charge in [-0.05, 0) is 72.8 Å². The van der Waals surface area contributed by atoms with Gasteiger partial charge in [-0.3, -0.25) is 0 Å². The summed E-state index contributed by atoms with van der Waals surface area (Å²) in [6.45, 7) is 3.99.